The fourth-order valence-corrected chi connectivity index (χ4v) is 3.96. The summed E-state index contributed by atoms with van der Waals surface area (Å²) in [6.07, 6.45) is -0.0853. The molecule has 3 rings (SSSR count). The van der Waals surface area contributed by atoms with Crippen LogP contribution in [0, 0.1) is 0 Å². The molecule has 0 saturated carbocycles. The summed E-state index contributed by atoms with van der Waals surface area (Å²) in [4.78, 5) is 30.3. The topological polar surface area (TPSA) is 73.3 Å². The van der Waals surface area contributed by atoms with Gasteiger partial charge in [0.25, 0.3) is 0 Å². The first-order valence-electron chi connectivity index (χ1n) is 9.96. The van der Waals surface area contributed by atoms with E-state index >= 15 is 0 Å². The molecular formula is C21H31N3O4. The van der Waals surface area contributed by atoms with Gasteiger partial charge in [-0.05, 0) is 32.8 Å². The Morgan fingerprint density at radius 2 is 1.75 bits per heavy atom. The summed E-state index contributed by atoms with van der Waals surface area (Å²) >= 11 is 0. The van der Waals surface area contributed by atoms with Gasteiger partial charge in [-0.2, -0.15) is 0 Å². The number of piperazine rings is 1. The lowest BCUT2D eigenvalue weighted by Gasteiger charge is -2.38. The van der Waals surface area contributed by atoms with Crippen molar-refractivity contribution in [2.45, 2.75) is 51.4 Å². The number of benzene rings is 1. The van der Waals surface area contributed by atoms with Gasteiger partial charge in [0.2, 0.25) is 0 Å². The fourth-order valence-electron chi connectivity index (χ4n) is 3.96. The van der Waals surface area contributed by atoms with Gasteiger partial charge in [-0.1, -0.05) is 30.3 Å². The zero-order valence-corrected chi connectivity index (χ0v) is 17.0. The molecule has 2 aliphatic rings. The largest absolute Gasteiger partial charge is 0.480 e. The molecule has 0 bridgehead atoms. The van der Waals surface area contributed by atoms with E-state index in [1.54, 1.807) is 20.8 Å². The standard InChI is InChI=1S/C21H31N3O4/c1-21(2,3)28-20(27)24-15-17(13-18(24)19(25)26)23-11-9-22(10-12-23)14-16-7-5-4-6-8-16/h4-8,17-18H,9-15H2,1-3H3,(H,25,26)/t17-,18-/m0/s1. The van der Waals surface area contributed by atoms with Gasteiger partial charge in [0.05, 0.1) is 0 Å². The number of nitrogens with zero attached hydrogens (tertiary/aromatic N) is 3. The second kappa shape index (κ2) is 8.49. The lowest BCUT2D eigenvalue weighted by Crippen LogP contribution is -2.51. The Morgan fingerprint density at radius 1 is 1.11 bits per heavy atom. The molecule has 2 fully saturated rings. The normalized spacial score (nSPS) is 24.3. The first-order valence-corrected chi connectivity index (χ1v) is 9.96. The van der Waals surface area contributed by atoms with Gasteiger partial charge in [0.15, 0.2) is 0 Å². The first-order chi connectivity index (χ1) is 13.2. The van der Waals surface area contributed by atoms with Crippen LogP contribution in [0.4, 0.5) is 4.79 Å². The Hall–Kier alpha value is -2.12. The van der Waals surface area contributed by atoms with E-state index in [4.69, 9.17) is 4.74 Å². The van der Waals surface area contributed by atoms with E-state index in [1.165, 1.54) is 10.5 Å². The molecule has 2 aliphatic heterocycles. The second-order valence-electron chi connectivity index (χ2n) is 8.67. The number of carbonyl (C=O) groups is 2. The van der Waals surface area contributed by atoms with Crippen LogP contribution in [0.15, 0.2) is 30.3 Å². The molecule has 0 aliphatic carbocycles. The summed E-state index contributed by atoms with van der Waals surface area (Å²) < 4.78 is 5.42. The number of carboxylic acid groups (broad SMARTS) is 1. The molecule has 1 N–H and O–H groups in total. The molecule has 1 aromatic rings. The number of carboxylic acids is 1. The summed E-state index contributed by atoms with van der Waals surface area (Å²) in [7, 11) is 0. The van der Waals surface area contributed by atoms with E-state index in [2.05, 4.69) is 34.1 Å². The molecule has 0 unspecified atom stereocenters. The third kappa shape index (κ3) is 5.23. The minimum absolute atomic E-state index is 0.0625. The van der Waals surface area contributed by atoms with E-state index in [1.807, 2.05) is 6.07 Å². The molecule has 1 amide bonds. The highest BCUT2D eigenvalue weighted by Crippen LogP contribution is 2.26. The Morgan fingerprint density at radius 3 is 2.32 bits per heavy atom. The van der Waals surface area contributed by atoms with Crippen molar-refractivity contribution in [2.75, 3.05) is 32.7 Å². The molecule has 1 aromatic carbocycles. The highest BCUT2D eigenvalue weighted by Gasteiger charge is 2.43. The van der Waals surface area contributed by atoms with Crippen LogP contribution in [0.5, 0.6) is 0 Å². The van der Waals surface area contributed by atoms with E-state index in [-0.39, 0.29) is 6.04 Å². The predicted octanol–water partition coefficient (Wildman–Crippen LogP) is 2.27. The smallest absolute Gasteiger partial charge is 0.411 e. The van der Waals surface area contributed by atoms with Crippen molar-refractivity contribution in [3.63, 3.8) is 0 Å². The third-order valence-corrected chi connectivity index (χ3v) is 5.36. The van der Waals surface area contributed by atoms with Crippen molar-refractivity contribution in [3.05, 3.63) is 35.9 Å². The molecular weight excluding hydrogens is 358 g/mol. The molecule has 0 radical (unpaired) electrons. The minimum atomic E-state index is -0.962. The number of hydrogen-bond donors (Lipinski definition) is 1. The number of rotatable bonds is 4. The molecule has 7 nitrogen and oxygen atoms in total. The Labute approximate surface area is 166 Å². The Balaban J connectivity index is 1.56. The van der Waals surface area contributed by atoms with Crippen LogP contribution in [0.3, 0.4) is 0 Å². The number of amides is 1. The van der Waals surface area contributed by atoms with Gasteiger partial charge in [0, 0.05) is 45.3 Å². The maximum absolute atomic E-state index is 12.5. The molecule has 7 heteroatoms. The maximum atomic E-state index is 12.5. The van der Waals surface area contributed by atoms with Gasteiger partial charge < -0.3 is 9.84 Å². The van der Waals surface area contributed by atoms with E-state index in [9.17, 15) is 14.7 Å². The van der Waals surface area contributed by atoms with Crippen molar-refractivity contribution in [2.24, 2.45) is 0 Å². The van der Waals surface area contributed by atoms with Gasteiger partial charge in [0.1, 0.15) is 11.6 Å². The van der Waals surface area contributed by atoms with Crippen molar-refractivity contribution < 1.29 is 19.4 Å². The van der Waals surface area contributed by atoms with Crippen LogP contribution >= 0.6 is 0 Å². The van der Waals surface area contributed by atoms with Crippen molar-refractivity contribution in [1.82, 2.24) is 14.7 Å². The summed E-state index contributed by atoms with van der Waals surface area (Å²) in [5, 5.41) is 9.58. The van der Waals surface area contributed by atoms with Gasteiger partial charge in [-0.3, -0.25) is 14.7 Å². The van der Waals surface area contributed by atoms with Gasteiger partial charge >= 0.3 is 12.1 Å². The number of ether oxygens (including phenoxy) is 1. The maximum Gasteiger partial charge on any atom is 0.411 e. The third-order valence-electron chi connectivity index (χ3n) is 5.36. The Bertz CT molecular complexity index is 681. The highest BCUT2D eigenvalue weighted by atomic mass is 16.6. The number of carbonyl (C=O) groups excluding carboxylic acids is 1. The number of aliphatic carboxylic acids is 1. The molecule has 0 spiro atoms. The van der Waals surface area contributed by atoms with Crippen LogP contribution in [0.2, 0.25) is 0 Å². The highest BCUT2D eigenvalue weighted by molar-refractivity contribution is 5.81. The van der Waals surface area contributed by atoms with E-state index in [0.29, 0.717) is 13.0 Å². The van der Waals surface area contributed by atoms with Crippen LogP contribution in [0.1, 0.15) is 32.8 Å². The SMILES string of the molecule is CC(C)(C)OC(=O)N1C[C@@H](N2CCN(Cc3ccccc3)CC2)C[C@H]1C(=O)O. The molecule has 0 aromatic heterocycles. The number of hydrogen-bond acceptors (Lipinski definition) is 5. The van der Waals surface area contributed by atoms with Crippen LogP contribution in [0.25, 0.3) is 0 Å². The number of likely N-dealkylation sites (tertiary alicyclic amines) is 1. The lowest BCUT2D eigenvalue weighted by atomic mass is 10.1. The summed E-state index contributed by atoms with van der Waals surface area (Å²) in [6.45, 7) is 10.4. The lowest BCUT2D eigenvalue weighted by molar-refractivity contribution is -0.142. The molecule has 2 saturated heterocycles. The second-order valence-corrected chi connectivity index (χ2v) is 8.67. The summed E-state index contributed by atoms with van der Waals surface area (Å²) in [5.41, 5.74) is 0.667. The van der Waals surface area contributed by atoms with Crippen molar-refractivity contribution in [1.29, 1.82) is 0 Å². The monoisotopic (exact) mass is 389 g/mol. The minimum Gasteiger partial charge on any atom is -0.480 e. The zero-order chi connectivity index (χ0) is 20.3. The average Bonchev–Trinajstić information content (AvgIpc) is 3.08. The predicted molar refractivity (Wildman–Crippen MR) is 106 cm³/mol. The van der Waals surface area contributed by atoms with E-state index in [0.717, 1.165) is 32.7 Å². The summed E-state index contributed by atoms with van der Waals surface area (Å²) in [6, 6.07) is 9.66. The van der Waals surface area contributed by atoms with Crippen molar-refractivity contribution in [3.8, 4) is 0 Å². The van der Waals surface area contributed by atoms with Gasteiger partial charge in [-0.25, -0.2) is 9.59 Å². The Kier molecular flexibility index (Phi) is 6.25. The average molecular weight is 389 g/mol. The zero-order valence-electron chi connectivity index (χ0n) is 17.0. The van der Waals surface area contributed by atoms with Crippen LogP contribution in [-0.4, -0.2) is 82.3 Å². The first kappa shape index (κ1) is 20.6. The molecule has 154 valence electrons. The molecule has 28 heavy (non-hydrogen) atoms. The fraction of sp³-hybridized carbons (Fsp3) is 0.619. The molecule has 2 atom stereocenters. The quantitative estimate of drug-likeness (QED) is 0.852. The van der Waals surface area contributed by atoms with Crippen molar-refractivity contribution >= 4 is 12.1 Å². The van der Waals surface area contributed by atoms with Crippen LogP contribution < -0.4 is 0 Å². The van der Waals surface area contributed by atoms with E-state index < -0.39 is 23.7 Å². The molecule has 2 heterocycles. The summed E-state index contributed by atoms with van der Waals surface area (Å²) in [5.74, 6) is -0.962. The van der Waals surface area contributed by atoms with Crippen LogP contribution in [-0.2, 0) is 16.1 Å². The van der Waals surface area contributed by atoms with Gasteiger partial charge in [-0.15, -0.1) is 0 Å².